The molecule has 3 N–H and O–H groups in total. The zero-order valence-corrected chi connectivity index (χ0v) is 11.4. The first-order valence-corrected chi connectivity index (χ1v) is 6.12. The molecule has 0 atom stereocenters. The van der Waals surface area contributed by atoms with E-state index in [9.17, 15) is 0 Å². The normalized spacial score (nSPS) is 10.3. The van der Waals surface area contributed by atoms with Crippen molar-refractivity contribution < 1.29 is 0 Å². The van der Waals surface area contributed by atoms with Gasteiger partial charge in [-0.15, -0.1) is 0 Å². The number of hydrogen-bond donors (Lipinski definition) is 2. The number of pyridine rings is 1. The zero-order chi connectivity index (χ0) is 12.4. The molecule has 17 heavy (non-hydrogen) atoms. The van der Waals surface area contributed by atoms with Crippen LogP contribution in [-0.2, 0) is 0 Å². The van der Waals surface area contributed by atoms with Crippen molar-refractivity contribution in [1.82, 2.24) is 4.98 Å². The summed E-state index contributed by atoms with van der Waals surface area (Å²) in [6.45, 7) is 4.02. The van der Waals surface area contributed by atoms with Gasteiger partial charge in [0.05, 0.1) is 16.4 Å². The summed E-state index contributed by atoms with van der Waals surface area (Å²) in [5.41, 5.74) is 9.70. The van der Waals surface area contributed by atoms with E-state index >= 15 is 0 Å². The quantitative estimate of drug-likeness (QED) is 0.885. The van der Waals surface area contributed by atoms with Gasteiger partial charge >= 0.3 is 0 Å². The molecule has 1 aromatic carbocycles. The van der Waals surface area contributed by atoms with Gasteiger partial charge in [0.15, 0.2) is 0 Å². The molecule has 2 rings (SSSR count). The monoisotopic (exact) mass is 291 g/mol. The van der Waals surface area contributed by atoms with Crippen LogP contribution in [0.3, 0.4) is 0 Å². The van der Waals surface area contributed by atoms with E-state index in [1.807, 2.05) is 25.1 Å². The molecule has 0 aliphatic carbocycles. The first kappa shape index (κ1) is 11.9. The van der Waals surface area contributed by atoms with Crippen LogP contribution >= 0.6 is 15.9 Å². The van der Waals surface area contributed by atoms with Crippen LogP contribution < -0.4 is 11.1 Å². The molecule has 4 heteroatoms. The maximum absolute atomic E-state index is 5.79. The molecule has 0 unspecified atom stereocenters. The summed E-state index contributed by atoms with van der Waals surface area (Å²) >= 11 is 3.51. The lowest BCUT2D eigenvalue weighted by atomic mass is 10.2. The molecule has 2 aromatic rings. The zero-order valence-electron chi connectivity index (χ0n) is 9.79. The molecular weight excluding hydrogens is 278 g/mol. The van der Waals surface area contributed by atoms with Gasteiger partial charge in [-0.2, -0.15) is 0 Å². The van der Waals surface area contributed by atoms with Crippen LogP contribution in [0, 0.1) is 13.8 Å². The molecule has 0 saturated carbocycles. The third-order valence-electron chi connectivity index (χ3n) is 2.70. The van der Waals surface area contributed by atoms with Crippen LogP contribution in [0.25, 0.3) is 0 Å². The topological polar surface area (TPSA) is 50.9 Å². The summed E-state index contributed by atoms with van der Waals surface area (Å²) in [4.78, 5) is 4.29. The van der Waals surface area contributed by atoms with E-state index < -0.39 is 0 Å². The Labute approximate surface area is 109 Å². The Morgan fingerprint density at radius 2 is 1.94 bits per heavy atom. The molecule has 0 bridgehead atoms. The van der Waals surface area contributed by atoms with Crippen LogP contribution in [0.1, 0.15) is 11.1 Å². The number of nitrogen functional groups attached to an aromatic ring is 1. The number of nitrogens with zero attached hydrogens (tertiary/aromatic N) is 1. The average molecular weight is 292 g/mol. The Bertz CT molecular complexity index is 552. The van der Waals surface area contributed by atoms with Gasteiger partial charge in [0, 0.05) is 5.69 Å². The Morgan fingerprint density at radius 3 is 2.65 bits per heavy atom. The number of anilines is 3. The van der Waals surface area contributed by atoms with Crippen molar-refractivity contribution in [3.05, 3.63) is 46.1 Å². The SMILES string of the molecule is Cc1ccccc1Nc1ncc(N)c(C)c1Br. The van der Waals surface area contributed by atoms with E-state index in [-0.39, 0.29) is 0 Å². The van der Waals surface area contributed by atoms with Crippen LogP contribution in [0.2, 0.25) is 0 Å². The molecule has 0 amide bonds. The standard InChI is InChI=1S/C13H14BrN3/c1-8-5-3-4-6-11(8)17-13-12(14)9(2)10(15)7-16-13/h3-7H,15H2,1-2H3,(H,16,17). The maximum atomic E-state index is 5.79. The molecule has 0 saturated heterocycles. The fraction of sp³-hybridized carbons (Fsp3) is 0.154. The predicted molar refractivity (Wildman–Crippen MR) is 75.5 cm³/mol. The molecule has 88 valence electrons. The van der Waals surface area contributed by atoms with Gasteiger partial charge in [-0.3, -0.25) is 0 Å². The summed E-state index contributed by atoms with van der Waals surface area (Å²) in [7, 11) is 0. The molecule has 0 fully saturated rings. The van der Waals surface area contributed by atoms with Gasteiger partial charge < -0.3 is 11.1 Å². The summed E-state index contributed by atoms with van der Waals surface area (Å²) < 4.78 is 0.903. The highest BCUT2D eigenvalue weighted by Gasteiger charge is 2.08. The summed E-state index contributed by atoms with van der Waals surface area (Å²) in [5.74, 6) is 0.783. The lowest BCUT2D eigenvalue weighted by molar-refractivity contribution is 1.25. The largest absolute Gasteiger partial charge is 0.397 e. The van der Waals surface area contributed by atoms with E-state index in [0.29, 0.717) is 5.69 Å². The van der Waals surface area contributed by atoms with Crippen molar-refractivity contribution in [1.29, 1.82) is 0 Å². The molecule has 1 aromatic heterocycles. The third kappa shape index (κ3) is 2.42. The molecule has 0 aliphatic rings. The fourth-order valence-corrected chi connectivity index (χ4v) is 1.95. The number of rotatable bonds is 2. The number of para-hydroxylation sites is 1. The maximum Gasteiger partial charge on any atom is 0.145 e. The minimum Gasteiger partial charge on any atom is -0.397 e. The van der Waals surface area contributed by atoms with E-state index in [2.05, 4.69) is 39.2 Å². The highest BCUT2D eigenvalue weighted by molar-refractivity contribution is 9.10. The van der Waals surface area contributed by atoms with Crippen LogP contribution in [0.15, 0.2) is 34.9 Å². The molecule has 3 nitrogen and oxygen atoms in total. The van der Waals surface area contributed by atoms with Crippen molar-refractivity contribution in [2.75, 3.05) is 11.1 Å². The van der Waals surface area contributed by atoms with E-state index in [1.165, 1.54) is 5.56 Å². The first-order valence-electron chi connectivity index (χ1n) is 5.33. The number of aryl methyl sites for hydroxylation is 1. The minimum absolute atomic E-state index is 0.687. The molecule has 0 aliphatic heterocycles. The number of nitrogens with one attached hydrogen (secondary N) is 1. The van der Waals surface area contributed by atoms with Gasteiger partial charge in [0.25, 0.3) is 0 Å². The Hall–Kier alpha value is -1.55. The van der Waals surface area contributed by atoms with Crippen molar-refractivity contribution in [3.8, 4) is 0 Å². The van der Waals surface area contributed by atoms with Crippen molar-refractivity contribution >= 4 is 33.1 Å². The van der Waals surface area contributed by atoms with Gasteiger partial charge in [0.1, 0.15) is 5.82 Å². The van der Waals surface area contributed by atoms with Crippen molar-refractivity contribution in [2.45, 2.75) is 13.8 Å². The number of hydrogen-bond acceptors (Lipinski definition) is 3. The van der Waals surface area contributed by atoms with E-state index in [1.54, 1.807) is 6.20 Å². The molecule has 0 radical (unpaired) electrons. The van der Waals surface area contributed by atoms with E-state index in [4.69, 9.17) is 5.73 Å². The number of aromatic nitrogens is 1. The van der Waals surface area contributed by atoms with Gasteiger partial charge in [-0.25, -0.2) is 4.98 Å². The smallest absolute Gasteiger partial charge is 0.145 e. The second-order valence-electron chi connectivity index (χ2n) is 3.94. The fourth-order valence-electron chi connectivity index (χ4n) is 1.52. The van der Waals surface area contributed by atoms with Gasteiger partial charge in [-0.1, -0.05) is 18.2 Å². The summed E-state index contributed by atoms with van der Waals surface area (Å²) in [5, 5.41) is 3.29. The Kier molecular flexibility index (Phi) is 3.33. The highest BCUT2D eigenvalue weighted by atomic mass is 79.9. The van der Waals surface area contributed by atoms with Gasteiger partial charge in [-0.05, 0) is 47.0 Å². The average Bonchev–Trinajstić information content (AvgIpc) is 2.32. The third-order valence-corrected chi connectivity index (χ3v) is 3.67. The van der Waals surface area contributed by atoms with Crippen molar-refractivity contribution in [3.63, 3.8) is 0 Å². The number of halogens is 1. The second kappa shape index (κ2) is 4.75. The van der Waals surface area contributed by atoms with Crippen molar-refractivity contribution in [2.24, 2.45) is 0 Å². The Morgan fingerprint density at radius 1 is 1.24 bits per heavy atom. The lowest BCUT2D eigenvalue weighted by Gasteiger charge is -2.12. The molecular formula is C13H14BrN3. The Balaban J connectivity index is 2.38. The second-order valence-corrected chi connectivity index (χ2v) is 4.73. The number of nitrogens with two attached hydrogens (primary N) is 1. The predicted octanol–water partition coefficient (Wildman–Crippen LogP) is 3.79. The van der Waals surface area contributed by atoms with Gasteiger partial charge in [0.2, 0.25) is 0 Å². The first-order chi connectivity index (χ1) is 8.09. The van der Waals surface area contributed by atoms with Crippen LogP contribution in [-0.4, -0.2) is 4.98 Å². The molecule has 1 heterocycles. The molecule has 0 spiro atoms. The van der Waals surface area contributed by atoms with E-state index in [0.717, 1.165) is 21.5 Å². The van der Waals surface area contributed by atoms with Crippen LogP contribution in [0.4, 0.5) is 17.2 Å². The summed E-state index contributed by atoms with van der Waals surface area (Å²) in [6.07, 6.45) is 1.67. The highest BCUT2D eigenvalue weighted by Crippen LogP contribution is 2.30. The summed E-state index contributed by atoms with van der Waals surface area (Å²) in [6, 6.07) is 8.08. The minimum atomic E-state index is 0.687. The van der Waals surface area contributed by atoms with Crippen LogP contribution in [0.5, 0.6) is 0 Å². The number of benzene rings is 1. The lowest BCUT2D eigenvalue weighted by Crippen LogP contribution is -2.00.